The molecule has 0 aliphatic heterocycles. The number of aryl methyl sites for hydroxylation is 1. The van der Waals surface area contributed by atoms with Crippen LogP contribution in [-0.4, -0.2) is 27.7 Å². The van der Waals surface area contributed by atoms with Gasteiger partial charge < -0.3 is 9.26 Å². The largest absolute Gasteiger partial charge is 0.460 e. The Hall–Kier alpha value is -3.68. The van der Waals surface area contributed by atoms with Crippen molar-refractivity contribution in [3.05, 3.63) is 110 Å². The number of aromatic nitrogens is 2. The molecular formula is C26H30N3O6P. The van der Waals surface area contributed by atoms with Crippen molar-refractivity contribution in [2.45, 2.75) is 40.0 Å². The quantitative estimate of drug-likeness (QED) is 0.228. The monoisotopic (exact) mass is 511 g/mol. The van der Waals surface area contributed by atoms with Crippen LogP contribution in [0.4, 0.5) is 0 Å². The van der Waals surface area contributed by atoms with E-state index < -0.39 is 30.8 Å². The van der Waals surface area contributed by atoms with Gasteiger partial charge in [-0.15, -0.1) is 0 Å². The van der Waals surface area contributed by atoms with Gasteiger partial charge in [-0.1, -0.05) is 60.2 Å². The third-order valence-electron chi connectivity index (χ3n) is 5.25. The number of nitrogens with zero attached hydrogens (tertiary/aromatic N) is 1. The number of carbonyl (C=O) groups excluding carboxylic acids is 1. The summed E-state index contributed by atoms with van der Waals surface area (Å²) in [5.74, 6) is -0.177. The van der Waals surface area contributed by atoms with E-state index in [9.17, 15) is 18.9 Å². The van der Waals surface area contributed by atoms with Crippen molar-refractivity contribution in [3.8, 4) is 5.75 Å². The molecule has 0 fully saturated rings. The van der Waals surface area contributed by atoms with Gasteiger partial charge in [0, 0.05) is 18.3 Å². The van der Waals surface area contributed by atoms with Crippen molar-refractivity contribution in [1.29, 1.82) is 0 Å². The predicted molar refractivity (Wildman–Crippen MR) is 138 cm³/mol. The van der Waals surface area contributed by atoms with Crippen LogP contribution < -0.4 is 20.9 Å². The van der Waals surface area contributed by atoms with E-state index in [1.54, 1.807) is 51.1 Å². The van der Waals surface area contributed by atoms with E-state index in [0.29, 0.717) is 11.3 Å². The van der Waals surface area contributed by atoms with Crippen molar-refractivity contribution in [1.82, 2.24) is 14.6 Å². The zero-order chi connectivity index (χ0) is 26.1. The Bertz CT molecular complexity index is 1370. The van der Waals surface area contributed by atoms with Gasteiger partial charge in [-0.2, -0.15) is 0 Å². The molecule has 0 spiro atoms. The number of rotatable bonds is 11. The number of hydrogen-bond donors (Lipinski definition) is 2. The van der Waals surface area contributed by atoms with Crippen LogP contribution in [0.3, 0.4) is 0 Å². The van der Waals surface area contributed by atoms with Gasteiger partial charge in [0.25, 0.3) is 5.56 Å². The maximum atomic E-state index is 13.8. The Kier molecular flexibility index (Phi) is 9.22. The molecule has 1 unspecified atom stereocenters. The molecule has 0 saturated carbocycles. The molecular weight excluding hydrogens is 481 g/mol. The smallest absolute Gasteiger partial charge is 0.328 e. The Balaban J connectivity index is 1.73. The van der Waals surface area contributed by atoms with Crippen LogP contribution in [0.15, 0.2) is 88.1 Å². The van der Waals surface area contributed by atoms with E-state index in [2.05, 4.69) is 10.1 Å². The summed E-state index contributed by atoms with van der Waals surface area (Å²) in [5, 5.41) is 2.82. The molecule has 36 heavy (non-hydrogen) atoms. The van der Waals surface area contributed by atoms with E-state index >= 15 is 0 Å². The number of allylic oxidation sites excluding steroid dienone is 2. The van der Waals surface area contributed by atoms with E-state index in [4.69, 9.17) is 9.26 Å². The molecule has 1 heterocycles. The highest BCUT2D eigenvalue weighted by molar-refractivity contribution is 7.57. The standard InChI is InChI=1S/C26H30N3O6P/c1-19(16-29-17-20(2)24(30)27-26(29)32)14-15-36(33,35-23-12-8-5-9-13-23)28-21(3)25(31)34-18-22-10-6-4-7-11-22/h4-14,17,21H,15-16,18H2,1-3H3,(H,28,33)(H,27,30,32)/b19-14+/t21-,36?/m0/s1. The molecule has 190 valence electrons. The minimum Gasteiger partial charge on any atom is -0.460 e. The molecule has 0 aliphatic carbocycles. The zero-order valence-electron chi connectivity index (χ0n) is 20.5. The van der Waals surface area contributed by atoms with Gasteiger partial charge in [0.05, 0.1) is 6.16 Å². The highest BCUT2D eigenvalue weighted by Crippen LogP contribution is 2.44. The number of esters is 1. The highest BCUT2D eigenvalue weighted by Gasteiger charge is 2.29. The number of carbonyl (C=O) groups is 1. The second-order valence-corrected chi connectivity index (χ2v) is 10.6. The number of nitrogens with one attached hydrogen (secondary N) is 2. The minimum absolute atomic E-state index is 0.0406. The van der Waals surface area contributed by atoms with Gasteiger partial charge in [-0.25, -0.2) is 9.88 Å². The topological polar surface area (TPSA) is 119 Å². The van der Waals surface area contributed by atoms with Gasteiger partial charge in [0.1, 0.15) is 18.4 Å². The molecule has 3 aromatic rings. The summed E-state index contributed by atoms with van der Waals surface area (Å²) >= 11 is 0. The Morgan fingerprint density at radius 1 is 1.11 bits per heavy atom. The summed E-state index contributed by atoms with van der Waals surface area (Å²) < 4.78 is 26.3. The Labute approximate surface area is 209 Å². The maximum absolute atomic E-state index is 13.8. The van der Waals surface area contributed by atoms with Crippen LogP contribution in [0, 0.1) is 6.92 Å². The first-order valence-electron chi connectivity index (χ1n) is 11.4. The number of hydrogen-bond acceptors (Lipinski definition) is 6. The third kappa shape index (κ3) is 7.93. The van der Waals surface area contributed by atoms with Crippen molar-refractivity contribution in [3.63, 3.8) is 0 Å². The Morgan fingerprint density at radius 3 is 2.42 bits per heavy atom. The molecule has 0 radical (unpaired) electrons. The van der Waals surface area contributed by atoms with E-state index in [-0.39, 0.29) is 19.3 Å². The van der Waals surface area contributed by atoms with Crippen LogP contribution >= 0.6 is 7.52 Å². The normalized spacial score (nSPS) is 14.0. The fourth-order valence-electron chi connectivity index (χ4n) is 3.31. The van der Waals surface area contributed by atoms with E-state index in [0.717, 1.165) is 11.1 Å². The lowest BCUT2D eigenvalue weighted by Crippen LogP contribution is -2.35. The molecule has 2 atom stereocenters. The molecule has 0 aliphatic rings. The second-order valence-electron chi connectivity index (χ2n) is 8.45. The first-order chi connectivity index (χ1) is 17.1. The lowest BCUT2D eigenvalue weighted by atomic mass is 10.2. The van der Waals surface area contributed by atoms with Crippen LogP contribution in [0.25, 0.3) is 0 Å². The van der Waals surface area contributed by atoms with E-state index in [1.165, 1.54) is 10.8 Å². The fourth-order valence-corrected chi connectivity index (χ4v) is 5.26. The number of para-hydroxylation sites is 1. The van der Waals surface area contributed by atoms with Crippen molar-refractivity contribution in [2.75, 3.05) is 6.16 Å². The first-order valence-corrected chi connectivity index (χ1v) is 13.2. The summed E-state index contributed by atoms with van der Waals surface area (Å²) in [7, 11) is -3.61. The summed E-state index contributed by atoms with van der Waals surface area (Å²) in [6, 6.07) is 17.0. The number of aromatic amines is 1. The Morgan fingerprint density at radius 2 is 1.75 bits per heavy atom. The predicted octanol–water partition coefficient (Wildman–Crippen LogP) is 3.78. The second kappa shape index (κ2) is 12.3. The van der Waals surface area contributed by atoms with Gasteiger partial charge in [-0.3, -0.25) is 23.7 Å². The molecule has 0 amide bonds. The van der Waals surface area contributed by atoms with Gasteiger partial charge in [0.15, 0.2) is 0 Å². The summed E-state index contributed by atoms with van der Waals surface area (Å²) in [5.41, 5.74) is 1.01. The SMILES string of the molecule is C/C(=C\CP(=O)(N[C@@H](C)C(=O)OCc1ccccc1)Oc1ccccc1)Cn1cc(C)c(=O)[nH]c1=O. The summed E-state index contributed by atoms with van der Waals surface area (Å²) in [6.07, 6.45) is 3.12. The lowest BCUT2D eigenvalue weighted by Gasteiger charge is -2.23. The lowest BCUT2D eigenvalue weighted by molar-refractivity contribution is -0.146. The van der Waals surface area contributed by atoms with Crippen LogP contribution in [-0.2, 0) is 27.2 Å². The van der Waals surface area contributed by atoms with Crippen molar-refractivity contribution < 1.29 is 18.6 Å². The fraction of sp³-hybridized carbons (Fsp3) is 0.269. The third-order valence-corrected chi connectivity index (χ3v) is 7.20. The number of ether oxygens (including phenoxy) is 1. The summed E-state index contributed by atoms with van der Waals surface area (Å²) in [6.45, 7) is 5.24. The minimum atomic E-state index is -3.61. The van der Waals surface area contributed by atoms with Gasteiger partial charge in [-0.05, 0) is 38.5 Å². The molecule has 9 nitrogen and oxygen atoms in total. The van der Waals surface area contributed by atoms with E-state index in [1.807, 2.05) is 36.4 Å². The molecule has 3 rings (SSSR count). The zero-order valence-corrected chi connectivity index (χ0v) is 21.4. The highest BCUT2D eigenvalue weighted by atomic mass is 31.2. The van der Waals surface area contributed by atoms with Gasteiger partial charge in [0.2, 0.25) is 0 Å². The van der Waals surface area contributed by atoms with Crippen LogP contribution in [0.5, 0.6) is 5.75 Å². The summed E-state index contributed by atoms with van der Waals surface area (Å²) in [4.78, 5) is 38.5. The molecule has 1 aromatic heterocycles. The van der Waals surface area contributed by atoms with Crippen LogP contribution in [0.2, 0.25) is 0 Å². The first kappa shape index (κ1) is 26.9. The van der Waals surface area contributed by atoms with Crippen molar-refractivity contribution >= 4 is 13.5 Å². The van der Waals surface area contributed by atoms with Crippen molar-refractivity contribution in [2.24, 2.45) is 0 Å². The van der Waals surface area contributed by atoms with Gasteiger partial charge >= 0.3 is 19.2 Å². The average molecular weight is 512 g/mol. The maximum Gasteiger partial charge on any atom is 0.328 e. The number of benzene rings is 2. The molecule has 2 N–H and O–H groups in total. The molecule has 2 aromatic carbocycles. The number of H-pyrrole nitrogens is 1. The molecule has 10 heteroatoms. The van der Waals surface area contributed by atoms with Crippen LogP contribution in [0.1, 0.15) is 25.0 Å². The molecule has 0 bridgehead atoms. The average Bonchev–Trinajstić information content (AvgIpc) is 2.86. The molecule has 0 saturated heterocycles.